The van der Waals surface area contributed by atoms with Crippen molar-refractivity contribution in [3.8, 4) is 17.2 Å². The number of amides is 1. The van der Waals surface area contributed by atoms with Gasteiger partial charge in [-0.3, -0.25) is 4.79 Å². The summed E-state index contributed by atoms with van der Waals surface area (Å²) in [7, 11) is 0. The predicted molar refractivity (Wildman–Crippen MR) is 86.9 cm³/mol. The zero-order valence-electron chi connectivity index (χ0n) is 12.3. The third-order valence-corrected chi connectivity index (χ3v) is 3.78. The number of aromatic nitrogens is 3. The van der Waals surface area contributed by atoms with Crippen LogP contribution < -0.4 is 14.8 Å². The maximum atomic E-state index is 12.4. The summed E-state index contributed by atoms with van der Waals surface area (Å²) >= 11 is 6.10. The maximum absolute atomic E-state index is 12.4. The summed E-state index contributed by atoms with van der Waals surface area (Å²) in [5.74, 6) is 0.642. The number of carbonyl (C=O) groups is 1. The second-order valence-electron chi connectivity index (χ2n) is 5.03. The highest BCUT2D eigenvalue weighted by Gasteiger charge is 2.20. The summed E-state index contributed by atoms with van der Waals surface area (Å²) in [5, 5.41) is 7.20. The number of benzene rings is 2. The summed E-state index contributed by atoms with van der Waals surface area (Å²) in [6, 6.07) is 10.4. The van der Waals surface area contributed by atoms with Crippen LogP contribution in [-0.4, -0.2) is 27.5 Å². The zero-order valence-corrected chi connectivity index (χ0v) is 13.0. The van der Waals surface area contributed by atoms with Crippen LogP contribution in [0.5, 0.6) is 11.5 Å². The highest BCUT2D eigenvalue weighted by atomic mass is 35.5. The Morgan fingerprint density at radius 2 is 2.04 bits per heavy atom. The fourth-order valence-corrected chi connectivity index (χ4v) is 2.61. The van der Waals surface area contributed by atoms with Gasteiger partial charge in [0, 0.05) is 11.3 Å². The molecule has 24 heavy (non-hydrogen) atoms. The molecule has 0 saturated carbocycles. The fourth-order valence-electron chi connectivity index (χ4n) is 2.34. The van der Waals surface area contributed by atoms with Crippen molar-refractivity contribution in [2.24, 2.45) is 0 Å². The van der Waals surface area contributed by atoms with Gasteiger partial charge in [0.1, 0.15) is 12.7 Å². The lowest BCUT2D eigenvalue weighted by Crippen LogP contribution is -2.12. The first-order valence-corrected chi connectivity index (χ1v) is 7.44. The van der Waals surface area contributed by atoms with Crippen molar-refractivity contribution < 1.29 is 14.3 Å². The Kier molecular flexibility index (Phi) is 3.55. The van der Waals surface area contributed by atoms with Gasteiger partial charge in [0.15, 0.2) is 11.5 Å². The molecule has 0 radical (unpaired) electrons. The Morgan fingerprint density at radius 1 is 1.21 bits per heavy atom. The van der Waals surface area contributed by atoms with E-state index in [2.05, 4.69) is 15.4 Å². The van der Waals surface area contributed by atoms with Crippen molar-refractivity contribution in [3.63, 3.8) is 0 Å². The van der Waals surface area contributed by atoms with Crippen LogP contribution in [0.2, 0.25) is 5.02 Å². The molecule has 120 valence electrons. The first-order valence-electron chi connectivity index (χ1n) is 7.06. The third kappa shape index (κ3) is 2.65. The van der Waals surface area contributed by atoms with E-state index < -0.39 is 0 Å². The number of hydrogen-bond acceptors (Lipinski definition) is 5. The molecular weight excluding hydrogens is 332 g/mol. The molecule has 1 aliphatic heterocycles. The van der Waals surface area contributed by atoms with Crippen LogP contribution in [0.3, 0.4) is 0 Å². The van der Waals surface area contributed by atoms with Crippen molar-refractivity contribution >= 4 is 23.2 Å². The van der Waals surface area contributed by atoms with Gasteiger partial charge in [-0.05, 0) is 36.4 Å². The topological polar surface area (TPSA) is 78.3 Å². The molecule has 0 bridgehead atoms. The standard InChI is InChI=1S/C16H11ClN4O3/c17-13-5-10(6-14-15(13)24-9-23-14)16(22)20-11-1-3-12(4-2-11)21-8-18-7-19-21/h1-8H,9H2,(H,20,22). The van der Waals surface area contributed by atoms with Crippen LogP contribution in [0.4, 0.5) is 5.69 Å². The molecular formula is C16H11ClN4O3. The lowest BCUT2D eigenvalue weighted by atomic mass is 10.2. The molecule has 1 amide bonds. The molecule has 0 fully saturated rings. The summed E-state index contributed by atoms with van der Waals surface area (Å²) in [6.07, 6.45) is 3.06. The monoisotopic (exact) mass is 342 g/mol. The van der Waals surface area contributed by atoms with Gasteiger partial charge in [-0.2, -0.15) is 5.10 Å². The van der Waals surface area contributed by atoms with E-state index in [1.165, 1.54) is 6.33 Å². The quantitative estimate of drug-likeness (QED) is 0.791. The second-order valence-corrected chi connectivity index (χ2v) is 5.44. The van der Waals surface area contributed by atoms with Crippen molar-refractivity contribution in [3.05, 3.63) is 59.6 Å². The SMILES string of the molecule is O=C(Nc1ccc(-n2cncn2)cc1)c1cc(Cl)c2c(c1)OCO2. The molecule has 0 spiro atoms. The highest BCUT2D eigenvalue weighted by molar-refractivity contribution is 6.32. The lowest BCUT2D eigenvalue weighted by Gasteiger charge is -2.08. The average molecular weight is 343 g/mol. The molecule has 2 heterocycles. The van der Waals surface area contributed by atoms with E-state index in [0.717, 1.165) is 5.69 Å². The smallest absolute Gasteiger partial charge is 0.255 e. The minimum Gasteiger partial charge on any atom is -0.454 e. The van der Waals surface area contributed by atoms with Gasteiger partial charge in [0.25, 0.3) is 5.91 Å². The van der Waals surface area contributed by atoms with Gasteiger partial charge in [0.05, 0.1) is 10.7 Å². The van der Waals surface area contributed by atoms with Crippen molar-refractivity contribution in [2.45, 2.75) is 0 Å². The molecule has 0 saturated heterocycles. The number of nitrogens with zero attached hydrogens (tertiary/aromatic N) is 3. The van der Waals surface area contributed by atoms with Crippen molar-refractivity contribution in [2.75, 3.05) is 12.1 Å². The Hall–Kier alpha value is -3.06. The summed E-state index contributed by atoms with van der Waals surface area (Å²) in [4.78, 5) is 16.3. The van der Waals surface area contributed by atoms with E-state index in [9.17, 15) is 4.79 Å². The average Bonchev–Trinajstić information content (AvgIpc) is 3.27. The third-order valence-electron chi connectivity index (χ3n) is 3.50. The molecule has 0 aliphatic carbocycles. The number of halogens is 1. The zero-order chi connectivity index (χ0) is 16.5. The number of fused-ring (bicyclic) bond motifs is 1. The van der Waals surface area contributed by atoms with Gasteiger partial charge in [-0.15, -0.1) is 0 Å². The van der Waals surface area contributed by atoms with Gasteiger partial charge >= 0.3 is 0 Å². The van der Waals surface area contributed by atoms with E-state index in [0.29, 0.717) is 27.8 Å². The number of ether oxygens (including phenoxy) is 2. The lowest BCUT2D eigenvalue weighted by molar-refractivity contribution is 0.102. The van der Waals surface area contributed by atoms with E-state index >= 15 is 0 Å². The summed E-state index contributed by atoms with van der Waals surface area (Å²) in [5.41, 5.74) is 1.89. The van der Waals surface area contributed by atoms with Gasteiger partial charge in [-0.25, -0.2) is 9.67 Å². The van der Waals surface area contributed by atoms with Crippen LogP contribution >= 0.6 is 11.6 Å². The number of nitrogens with one attached hydrogen (secondary N) is 1. The normalized spacial score (nSPS) is 12.2. The molecule has 0 atom stereocenters. The first-order chi connectivity index (χ1) is 11.7. The molecule has 1 aromatic heterocycles. The molecule has 4 rings (SSSR count). The summed E-state index contributed by atoms with van der Waals surface area (Å²) in [6.45, 7) is 0.101. The number of hydrogen-bond donors (Lipinski definition) is 1. The van der Waals surface area contributed by atoms with Gasteiger partial charge < -0.3 is 14.8 Å². The van der Waals surface area contributed by atoms with E-state index in [1.807, 2.05) is 12.1 Å². The van der Waals surface area contributed by atoms with E-state index in [-0.39, 0.29) is 12.7 Å². The fraction of sp³-hybridized carbons (Fsp3) is 0.0625. The Labute approximate surface area is 141 Å². The van der Waals surface area contributed by atoms with Crippen LogP contribution in [0.1, 0.15) is 10.4 Å². The first kappa shape index (κ1) is 14.5. The van der Waals surface area contributed by atoms with E-state index in [4.69, 9.17) is 21.1 Å². The molecule has 8 heteroatoms. The molecule has 3 aromatic rings. The minimum atomic E-state index is -0.288. The summed E-state index contributed by atoms with van der Waals surface area (Å²) < 4.78 is 12.1. The Morgan fingerprint density at radius 3 is 2.79 bits per heavy atom. The molecule has 1 aliphatic rings. The van der Waals surface area contributed by atoms with Crippen LogP contribution in [0.25, 0.3) is 5.69 Å². The number of anilines is 1. The molecule has 0 unspecified atom stereocenters. The molecule has 2 aromatic carbocycles. The van der Waals surface area contributed by atoms with E-state index in [1.54, 1.807) is 35.3 Å². The second kappa shape index (κ2) is 5.86. The number of rotatable bonds is 3. The number of carbonyl (C=O) groups excluding carboxylic acids is 1. The maximum Gasteiger partial charge on any atom is 0.255 e. The Balaban J connectivity index is 1.53. The predicted octanol–water partition coefficient (Wildman–Crippen LogP) is 2.90. The van der Waals surface area contributed by atoms with Crippen molar-refractivity contribution in [1.29, 1.82) is 0 Å². The van der Waals surface area contributed by atoms with Crippen molar-refractivity contribution in [1.82, 2.24) is 14.8 Å². The molecule has 7 nitrogen and oxygen atoms in total. The largest absolute Gasteiger partial charge is 0.454 e. The van der Waals surface area contributed by atoms with Gasteiger partial charge in [-0.1, -0.05) is 11.6 Å². The van der Waals surface area contributed by atoms with Crippen LogP contribution in [-0.2, 0) is 0 Å². The van der Waals surface area contributed by atoms with Gasteiger partial charge in [0.2, 0.25) is 6.79 Å². The Bertz CT molecular complexity index is 894. The van der Waals surface area contributed by atoms with Crippen LogP contribution in [0.15, 0.2) is 49.1 Å². The molecule has 1 N–H and O–H groups in total. The van der Waals surface area contributed by atoms with Crippen LogP contribution in [0, 0.1) is 0 Å². The highest BCUT2D eigenvalue weighted by Crippen LogP contribution is 2.39. The minimum absolute atomic E-state index is 0.101.